The van der Waals surface area contributed by atoms with Crippen LogP contribution in [-0.2, 0) is 15.1 Å². The highest BCUT2D eigenvalue weighted by Crippen LogP contribution is 2.42. The minimum atomic E-state index is -1.62. The number of carbonyl (C=O) groups excluding carboxylic acids is 3. The number of aryl methyl sites for hydroxylation is 1. The number of hydrogen-bond donors (Lipinski definition) is 2. The van der Waals surface area contributed by atoms with E-state index in [0.717, 1.165) is 5.56 Å². The fourth-order valence-corrected chi connectivity index (χ4v) is 2.80. The summed E-state index contributed by atoms with van der Waals surface area (Å²) in [6, 6.07) is 4.81. The Morgan fingerprint density at radius 2 is 2.05 bits per heavy atom. The van der Waals surface area contributed by atoms with Gasteiger partial charge in [-0.05, 0) is 19.9 Å². The largest absolute Gasteiger partial charge is 0.323 e. The molecule has 0 saturated carbocycles. The van der Waals surface area contributed by atoms with Crippen LogP contribution in [0.3, 0.4) is 0 Å². The van der Waals surface area contributed by atoms with Gasteiger partial charge in [0.1, 0.15) is 0 Å². The third-order valence-electron chi connectivity index (χ3n) is 3.81. The van der Waals surface area contributed by atoms with E-state index in [0.29, 0.717) is 17.8 Å². The van der Waals surface area contributed by atoms with Crippen molar-refractivity contribution in [2.75, 3.05) is 11.4 Å². The second-order valence-corrected chi connectivity index (χ2v) is 5.16. The first-order chi connectivity index (χ1) is 10.0. The number of allylic oxidation sites excluding steroid dienone is 1. The molecule has 1 fully saturated rings. The van der Waals surface area contributed by atoms with Gasteiger partial charge in [-0.15, -0.1) is 0 Å². The maximum absolute atomic E-state index is 12.8. The van der Waals surface area contributed by atoms with Crippen molar-refractivity contribution in [1.29, 1.82) is 0 Å². The molecule has 0 bridgehead atoms. The molecule has 1 saturated heterocycles. The van der Waals surface area contributed by atoms with E-state index in [1.807, 2.05) is 32.1 Å². The third-order valence-corrected chi connectivity index (χ3v) is 3.81. The number of benzene rings is 1. The molecular weight excluding hydrogens is 270 g/mol. The van der Waals surface area contributed by atoms with E-state index in [4.69, 9.17) is 0 Å². The molecule has 0 aliphatic carbocycles. The summed E-state index contributed by atoms with van der Waals surface area (Å²) in [7, 11) is 0. The van der Waals surface area contributed by atoms with Gasteiger partial charge in [-0.25, -0.2) is 4.79 Å². The third kappa shape index (κ3) is 1.68. The monoisotopic (exact) mass is 285 g/mol. The molecule has 1 aromatic carbocycles. The fourth-order valence-electron chi connectivity index (χ4n) is 2.80. The molecular formula is C15H15N3O3. The Bertz CT molecular complexity index is 695. The highest BCUT2D eigenvalue weighted by atomic mass is 16.2. The zero-order valence-corrected chi connectivity index (χ0v) is 11.8. The summed E-state index contributed by atoms with van der Waals surface area (Å²) in [6.07, 6.45) is 3.66. The van der Waals surface area contributed by atoms with Crippen molar-refractivity contribution >= 4 is 23.5 Å². The van der Waals surface area contributed by atoms with E-state index >= 15 is 0 Å². The average Bonchev–Trinajstić information content (AvgIpc) is 2.86. The highest BCUT2D eigenvalue weighted by Gasteiger charge is 2.61. The van der Waals surface area contributed by atoms with Crippen molar-refractivity contribution in [3.05, 3.63) is 41.5 Å². The molecule has 21 heavy (non-hydrogen) atoms. The van der Waals surface area contributed by atoms with Crippen LogP contribution in [0.1, 0.15) is 18.1 Å². The number of nitrogens with zero attached hydrogens (tertiary/aromatic N) is 1. The van der Waals surface area contributed by atoms with Crippen molar-refractivity contribution in [3.63, 3.8) is 0 Å². The minimum Gasteiger partial charge on any atom is -0.312 e. The summed E-state index contributed by atoms with van der Waals surface area (Å²) < 4.78 is 0. The van der Waals surface area contributed by atoms with Crippen LogP contribution in [0.5, 0.6) is 0 Å². The van der Waals surface area contributed by atoms with Crippen molar-refractivity contribution < 1.29 is 14.4 Å². The fraction of sp³-hybridized carbons (Fsp3) is 0.267. The molecule has 6 nitrogen and oxygen atoms in total. The van der Waals surface area contributed by atoms with E-state index in [1.54, 1.807) is 12.1 Å². The lowest BCUT2D eigenvalue weighted by Gasteiger charge is -2.20. The lowest BCUT2D eigenvalue weighted by molar-refractivity contribution is -0.133. The number of imide groups is 1. The zero-order valence-electron chi connectivity index (χ0n) is 11.8. The summed E-state index contributed by atoms with van der Waals surface area (Å²) in [5.74, 6) is -1.04. The molecule has 108 valence electrons. The van der Waals surface area contributed by atoms with Gasteiger partial charge in [0.05, 0.1) is 5.69 Å². The van der Waals surface area contributed by atoms with Gasteiger partial charge in [0, 0.05) is 12.1 Å². The maximum Gasteiger partial charge on any atom is 0.323 e. The second kappa shape index (κ2) is 4.44. The first kappa shape index (κ1) is 13.4. The molecule has 3 rings (SSSR count). The van der Waals surface area contributed by atoms with Gasteiger partial charge in [0.2, 0.25) is 5.54 Å². The number of urea groups is 1. The summed E-state index contributed by atoms with van der Waals surface area (Å²) in [4.78, 5) is 38.1. The van der Waals surface area contributed by atoms with Crippen LogP contribution in [-0.4, -0.2) is 24.4 Å². The number of hydrogen-bond acceptors (Lipinski definition) is 3. The summed E-state index contributed by atoms with van der Waals surface area (Å²) in [6.45, 7) is 4.09. The number of amides is 4. The van der Waals surface area contributed by atoms with Gasteiger partial charge in [-0.3, -0.25) is 14.9 Å². The van der Waals surface area contributed by atoms with Crippen molar-refractivity contribution in [3.8, 4) is 0 Å². The normalized spacial score (nSPS) is 23.9. The van der Waals surface area contributed by atoms with E-state index in [1.165, 1.54) is 4.90 Å². The van der Waals surface area contributed by atoms with E-state index < -0.39 is 23.4 Å². The summed E-state index contributed by atoms with van der Waals surface area (Å²) >= 11 is 0. The number of fused-ring (bicyclic) bond motifs is 2. The van der Waals surface area contributed by atoms with Gasteiger partial charge in [-0.2, -0.15) is 0 Å². The molecule has 2 heterocycles. The maximum atomic E-state index is 12.8. The first-order valence-corrected chi connectivity index (χ1v) is 6.68. The van der Waals surface area contributed by atoms with Crippen LogP contribution in [0.2, 0.25) is 0 Å². The minimum absolute atomic E-state index is 0.357. The first-order valence-electron chi connectivity index (χ1n) is 6.68. The van der Waals surface area contributed by atoms with Crippen molar-refractivity contribution in [1.82, 2.24) is 10.6 Å². The molecule has 0 radical (unpaired) electrons. The van der Waals surface area contributed by atoms with Crippen LogP contribution >= 0.6 is 0 Å². The predicted octanol–water partition coefficient (Wildman–Crippen LogP) is 0.952. The molecule has 2 N–H and O–H groups in total. The molecule has 1 atom stereocenters. The van der Waals surface area contributed by atoms with Gasteiger partial charge >= 0.3 is 6.03 Å². The lowest BCUT2D eigenvalue weighted by Crippen LogP contribution is -2.52. The quantitative estimate of drug-likeness (QED) is 0.482. The van der Waals surface area contributed by atoms with Gasteiger partial charge < -0.3 is 10.2 Å². The highest BCUT2D eigenvalue weighted by molar-refractivity contribution is 6.27. The average molecular weight is 285 g/mol. The molecule has 1 unspecified atom stereocenters. The summed E-state index contributed by atoms with van der Waals surface area (Å²) in [5, 5.41) is 4.67. The SMILES string of the molecule is CC=CCN1C(=O)C2(NC(=O)NC2=O)c2cc(C)ccc21. The molecule has 0 aromatic heterocycles. The molecule has 6 heteroatoms. The number of anilines is 1. The Morgan fingerprint density at radius 3 is 2.67 bits per heavy atom. The molecule has 2 aliphatic heterocycles. The second-order valence-electron chi connectivity index (χ2n) is 5.16. The van der Waals surface area contributed by atoms with Crippen LogP contribution in [0.15, 0.2) is 30.4 Å². The number of carbonyl (C=O) groups is 3. The Kier molecular flexibility index (Phi) is 2.83. The Morgan fingerprint density at radius 1 is 1.29 bits per heavy atom. The Hall–Kier alpha value is -2.63. The molecule has 1 aromatic rings. The van der Waals surface area contributed by atoms with E-state index in [-0.39, 0.29) is 0 Å². The topological polar surface area (TPSA) is 78.5 Å². The zero-order chi connectivity index (χ0) is 15.2. The molecule has 1 spiro atoms. The Labute approximate surface area is 121 Å². The Balaban J connectivity index is 2.20. The summed E-state index contributed by atoms with van der Waals surface area (Å²) in [5.41, 5.74) is 0.476. The van der Waals surface area contributed by atoms with Crippen molar-refractivity contribution in [2.45, 2.75) is 19.4 Å². The smallest absolute Gasteiger partial charge is 0.312 e. The van der Waals surface area contributed by atoms with Crippen LogP contribution in [0, 0.1) is 6.92 Å². The van der Waals surface area contributed by atoms with Crippen LogP contribution in [0.4, 0.5) is 10.5 Å². The molecule has 2 aliphatic rings. The van der Waals surface area contributed by atoms with Crippen molar-refractivity contribution in [2.24, 2.45) is 0 Å². The molecule has 4 amide bonds. The predicted molar refractivity (Wildman–Crippen MR) is 76.7 cm³/mol. The number of rotatable bonds is 2. The standard InChI is InChI=1S/C15H15N3O3/c1-3-4-7-18-11-6-5-9(2)8-10(11)15(13(18)20)12(19)16-14(21)17-15/h3-6,8H,7H2,1-2H3,(H2,16,17,19,21). The van der Waals surface area contributed by atoms with E-state index in [9.17, 15) is 14.4 Å². The van der Waals surface area contributed by atoms with Crippen LogP contribution < -0.4 is 15.5 Å². The lowest BCUT2D eigenvalue weighted by atomic mass is 9.90. The van der Waals surface area contributed by atoms with E-state index in [2.05, 4.69) is 10.6 Å². The van der Waals surface area contributed by atoms with Gasteiger partial charge in [-0.1, -0.05) is 29.8 Å². The van der Waals surface area contributed by atoms with Crippen LogP contribution in [0.25, 0.3) is 0 Å². The van der Waals surface area contributed by atoms with Gasteiger partial charge in [0.15, 0.2) is 0 Å². The van der Waals surface area contributed by atoms with Gasteiger partial charge in [0.25, 0.3) is 11.8 Å². The number of nitrogens with one attached hydrogen (secondary N) is 2.